The van der Waals surface area contributed by atoms with E-state index in [0.29, 0.717) is 18.9 Å². The van der Waals surface area contributed by atoms with Crippen LogP contribution in [0.15, 0.2) is 47.4 Å². The maximum atomic E-state index is 13.7. The van der Waals surface area contributed by atoms with E-state index in [2.05, 4.69) is 0 Å². The molecule has 4 rings (SSSR count). The lowest BCUT2D eigenvalue weighted by Crippen LogP contribution is -2.50. The van der Waals surface area contributed by atoms with Gasteiger partial charge in [-0.05, 0) is 55.9 Å². The van der Waals surface area contributed by atoms with Crippen LogP contribution in [0.2, 0.25) is 0 Å². The van der Waals surface area contributed by atoms with Gasteiger partial charge in [-0.25, -0.2) is 8.42 Å². The summed E-state index contributed by atoms with van der Waals surface area (Å²) in [7, 11) is -2.11. The second-order valence-corrected chi connectivity index (χ2v) is 12.0. The molecule has 0 aromatic heterocycles. The van der Waals surface area contributed by atoms with Crippen molar-refractivity contribution in [1.82, 2.24) is 9.21 Å². The van der Waals surface area contributed by atoms with Crippen LogP contribution in [0.4, 0.5) is 0 Å². The van der Waals surface area contributed by atoms with Crippen molar-refractivity contribution in [2.75, 3.05) is 26.7 Å². The van der Waals surface area contributed by atoms with Crippen LogP contribution in [0.25, 0.3) is 11.1 Å². The molecule has 190 valence electrons. The van der Waals surface area contributed by atoms with Crippen molar-refractivity contribution in [3.8, 4) is 16.9 Å². The Morgan fingerprint density at radius 2 is 1.83 bits per heavy atom. The van der Waals surface area contributed by atoms with Crippen LogP contribution >= 0.6 is 0 Å². The van der Waals surface area contributed by atoms with Gasteiger partial charge in [-0.15, -0.1) is 0 Å². The molecule has 8 heteroatoms. The quantitative estimate of drug-likeness (QED) is 0.627. The largest absolute Gasteiger partial charge is 0.487 e. The lowest BCUT2D eigenvalue weighted by atomic mass is 10.0. The fourth-order valence-electron chi connectivity index (χ4n) is 4.47. The normalized spacial score (nSPS) is 22.9. The summed E-state index contributed by atoms with van der Waals surface area (Å²) in [5, 5.41) is 9.81. The van der Waals surface area contributed by atoms with Crippen LogP contribution < -0.4 is 4.74 Å². The minimum Gasteiger partial charge on any atom is -0.487 e. The third kappa shape index (κ3) is 5.71. The van der Waals surface area contributed by atoms with E-state index in [9.17, 15) is 18.3 Å². The number of aliphatic hydroxyl groups is 1. The van der Waals surface area contributed by atoms with Crippen LogP contribution in [0.3, 0.4) is 0 Å². The van der Waals surface area contributed by atoms with E-state index in [-0.39, 0.29) is 35.6 Å². The van der Waals surface area contributed by atoms with E-state index in [4.69, 9.17) is 4.74 Å². The molecule has 1 aliphatic heterocycles. The molecule has 0 bridgehead atoms. The molecule has 1 amide bonds. The average Bonchev–Trinajstić information content (AvgIpc) is 3.65. The molecule has 2 aliphatic rings. The fraction of sp³-hybridized carbons (Fsp3) is 0.519. The SMILES string of the molecule is Cc1ccc(-c2ccc3c(c2)O[C@@H](CN(C)C(=O)CC2CC2)[C@@H](C)CN([C@H](C)CO)S3(=O)=O)cc1. The number of amides is 1. The first kappa shape index (κ1) is 25.7. The van der Waals surface area contributed by atoms with Gasteiger partial charge in [0.25, 0.3) is 0 Å². The van der Waals surface area contributed by atoms with Crippen molar-refractivity contribution < 1.29 is 23.1 Å². The Balaban J connectivity index is 1.72. The van der Waals surface area contributed by atoms with Crippen molar-refractivity contribution in [2.45, 2.75) is 57.1 Å². The highest BCUT2D eigenvalue weighted by Crippen LogP contribution is 2.37. The number of hydrogen-bond donors (Lipinski definition) is 1. The fourth-order valence-corrected chi connectivity index (χ4v) is 6.29. The zero-order valence-corrected chi connectivity index (χ0v) is 21.8. The number of benzene rings is 2. The number of aryl methyl sites for hydroxylation is 1. The Morgan fingerprint density at radius 1 is 1.17 bits per heavy atom. The molecule has 1 fully saturated rings. The molecular formula is C27H36N2O5S. The van der Waals surface area contributed by atoms with Gasteiger partial charge in [-0.3, -0.25) is 4.79 Å². The van der Waals surface area contributed by atoms with Gasteiger partial charge >= 0.3 is 0 Å². The summed E-state index contributed by atoms with van der Waals surface area (Å²) in [5.74, 6) is 0.653. The number of aliphatic hydroxyl groups excluding tert-OH is 1. The van der Waals surface area contributed by atoms with Crippen LogP contribution in [-0.2, 0) is 14.8 Å². The van der Waals surface area contributed by atoms with E-state index < -0.39 is 22.2 Å². The van der Waals surface area contributed by atoms with E-state index in [0.717, 1.165) is 29.5 Å². The smallest absolute Gasteiger partial charge is 0.247 e. The number of hydrogen-bond acceptors (Lipinski definition) is 5. The first-order chi connectivity index (χ1) is 16.6. The summed E-state index contributed by atoms with van der Waals surface area (Å²) in [6, 6.07) is 12.6. The Hall–Kier alpha value is -2.42. The minimum atomic E-state index is -3.90. The third-order valence-corrected chi connectivity index (χ3v) is 9.11. The topological polar surface area (TPSA) is 87.2 Å². The number of nitrogens with zero attached hydrogens (tertiary/aromatic N) is 2. The van der Waals surface area contributed by atoms with Gasteiger partial charge in [-0.1, -0.05) is 42.8 Å². The van der Waals surface area contributed by atoms with Crippen molar-refractivity contribution in [3.05, 3.63) is 48.0 Å². The van der Waals surface area contributed by atoms with Gasteiger partial charge < -0.3 is 14.7 Å². The number of sulfonamides is 1. The highest BCUT2D eigenvalue weighted by atomic mass is 32.2. The minimum absolute atomic E-state index is 0.0810. The molecule has 1 saturated carbocycles. The Labute approximate surface area is 208 Å². The van der Waals surface area contributed by atoms with Crippen molar-refractivity contribution >= 4 is 15.9 Å². The second kappa shape index (κ2) is 10.3. The number of fused-ring (bicyclic) bond motifs is 1. The Morgan fingerprint density at radius 3 is 2.46 bits per heavy atom. The maximum Gasteiger partial charge on any atom is 0.247 e. The predicted molar refractivity (Wildman–Crippen MR) is 136 cm³/mol. The number of rotatable bonds is 7. The second-order valence-electron chi connectivity index (χ2n) is 10.2. The van der Waals surface area contributed by atoms with Crippen LogP contribution in [-0.4, -0.2) is 67.5 Å². The summed E-state index contributed by atoms with van der Waals surface area (Å²) >= 11 is 0. The van der Waals surface area contributed by atoms with E-state index >= 15 is 0 Å². The summed E-state index contributed by atoms with van der Waals surface area (Å²) in [6.07, 6.45) is 2.36. The van der Waals surface area contributed by atoms with Crippen molar-refractivity contribution in [3.63, 3.8) is 0 Å². The zero-order chi connectivity index (χ0) is 25.3. The summed E-state index contributed by atoms with van der Waals surface area (Å²) in [6.45, 7) is 5.93. The van der Waals surface area contributed by atoms with Crippen LogP contribution in [0, 0.1) is 18.8 Å². The number of ether oxygens (including phenoxy) is 1. The maximum absolute atomic E-state index is 13.7. The first-order valence-electron chi connectivity index (χ1n) is 12.3. The average molecular weight is 501 g/mol. The molecule has 2 aromatic carbocycles. The summed E-state index contributed by atoms with van der Waals surface area (Å²) in [4.78, 5) is 14.5. The van der Waals surface area contributed by atoms with Gasteiger partial charge in [-0.2, -0.15) is 4.31 Å². The molecule has 1 N–H and O–H groups in total. The van der Waals surface area contributed by atoms with Gasteiger partial charge in [0.2, 0.25) is 15.9 Å². The highest BCUT2D eigenvalue weighted by Gasteiger charge is 2.38. The monoisotopic (exact) mass is 500 g/mol. The molecule has 2 aromatic rings. The third-order valence-electron chi connectivity index (χ3n) is 7.09. The van der Waals surface area contributed by atoms with Gasteiger partial charge in [0, 0.05) is 32.0 Å². The zero-order valence-electron chi connectivity index (χ0n) is 21.0. The van der Waals surface area contributed by atoms with E-state index in [1.54, 1.807) is 37.1 Å². The lowest BCUT2D eigenvalue weighted by Gasteiger charge is -2.37. The molecular weight excluding hydrogens is 464 g/mol. The van der Waals surface area contributed by atoms with E-state index in [1.807, 2.05) is 38.1 Å². The predicted octanol–water partition coefficient (Wildman–Crippen LogP) is 3.69. The molecule has 35 heavy (non-hydrogen) atoms. The first-order valence-corrected chi connectivity index (χ1v) is 13.8. The van der Waals surface area contributed by atoms with Crippen LogP contribution in [0.1, 0.15) is 38.7 Å². The van der Waals surface area contributed by atoms with Gasteiger partial charge in [0.1, 0.15) is 16.7 Å². The highest BCUT2D eigenvalue weighted by molar-refractivity contribution is 7.89. The Bertz CT molecular complexity index is 1160. The van der Waals surface area contributed by atoms with Crippen molar-refractivity contribution in [2.24, 2.45) is 11.8 Å². The molecule has 0 radical (unpaired) electrons. The Kier molecular flexibility index (Phi) is 7.54. The number of carbonyl (C=O) groups is 1. The van der Waals surface area contributed by atoms with Crippen molar-refractivity contribution in [1.29, 1.82) is 0 Å². The number of carbonyl (C=O) groups excluding carboxylic acids is 1. The molecule has 1 heterocycles. The van der Waals surface area contributed by atoms with Crippen LogP contribution in [0.5, 0.6) is 5.75 Å². The molecule has 7 nitrogen and oxygen atoms in total. The summed E-state index contributed by atoms with van der Waals surface area (Å²) < 4.78 is 35.1. The van der Waals surface area contributed by atoms with E-state index in [1.165, 1.54) is 4.31 Å². The molecule has 0 unspecified atom stereocenters. The number of likely N-dealkylation sites (N-methyl/N-ethyl adjacent to an activating group) is 1. The molecule has 0 saturated heterocycles. The van der Waals surface area contributed by atoms with Gasteiger partial charge in [0.15, 0.2) is 0 Å². The molecule has 3 atom stereocenters. The summed E-state index contributed by atoms with van der Waals surface area (Å²) in [5.41, 5.74) is 2.95. The lowest BCUT2D eigenvalue weighted by molar-refractivity contribution is -0.131. The standard InChI is InChI=1S/C27H36N2O5S/c1-18-5-9-22(10-6-18)23-11-12-26-24(14-23)34-25(16-28(4)27(31)13-21-7-8-21)19(2)15-29(20(3)17-30)35(26,32)33/h5-6,9-12,14,19-21,25,30H,7-8,13,15-17H2,1-4H3/t19-,20+,25-/m0/s1. The molecule has 0 spiro atoms. The molecule has 1 aliphatic carbocycles. The van der Waals surface area contributed by atoms with Gasteiger partial charge in [0.05, 0.1) is 13.2 Å².